The molecule has 7 nitrogen and oxygen atoms in total. The Hall–Kier alpha value is -2.02. The molecule has 0 bridgehead atoms. The molecule has 0 amide bonds. The molecule has 3 heterocycles. The zero-order valence-corrected chi connectivity index (χ0v) is 19.8. The molecule has 170 valence electrons. The van der Waals surface area contributed by atoms with Gasteiger partial charge >= 0.3 is 6.18 Å². The van der Waals surface area contributed by atoms with Crippen molar-refractivity contribution >= 4 is 47.4 Å². The number of anilines is 1. The van der Waals surface area contributed by atoms with E-state index in [0.29, 0.717) is 17.5 Å². The maximum atomic E-state index is 12.3. The van der Waals surface area contributed by atoms with Crippen LogP contribution in [0, 0.1) is 0 Å². The van der Waals surface area contributed by atoms with Gasteiger partial charge in [-0.1, -0.05) is 11.6 Å². The second kappa shape index (κ2) is 11.6. The molecule has 0 aliphatic carbocycles. The topological polar surface area (TPSA) is 74.7 Å². The van der Waals surface area contributed by atoms with Crippen molar-refractivity contribution in [2.75, 3.05) is 31.6 Å². The van der Waals surface area contributed by atoms with Crippen molar-refractivity contribution < 1.29 is 17.9 Å². The van der Waals surface area contributed by atoms with E-state index in [9.17, 15) is 13.2 Å². The number of ether oxygens (including phenoxy) is 1. The van der Waals surface area contributed by atoms with Gasteiger partial charge in [-0.2, -0.15) is 13.2 Å². The fraction of sp³-hybridized carbons (Fsp3) is 0.421. The first-order valence-corrected chi connectivity index (χ1v) is 9.69. The summed E-state index contributed by atoms with van der Waals surface area (Å²) in [5.74, 6) is 1.27. The van der Waals surface area contributed by atoms with Crippen molar-refractivity contribution in [3.8, 4) is 5.88 Å². The molecule has 2 aromatic rings. The van der Waals surface area contributed by atoms with Crippen LogP contribution in [-0.2, 0) is 6.54 Å². The van der Waals surface area contributed by atoms with Crippen LogP contribution in [0.4, 0.5) is 19.0 Å². The Bertz CT molecular complexity index is 886. The van der Waals surface area contributed by atoms with E-state index in [-0.39, 0.29) is 35.9 Å². The summed E-state index contributed by atoms with van der Waals surface area (Å²) >= 11 is 6.22. The van der Waals surface area contributed by atoms with E-state index in [0.717, 1.165) is 30.9 Å². The highest BCUT2D eigenvalue weighted by Crippen LogP contribution is 2.25. The Kier molecular flexibility index (Phi) is 9.41. The number of halogens is 5. The second-order valence-corrected chi connectivity index (χ2v) is 7.12. The van der Waals surface area contributed by atoms with Crippen LogP contribution in [0.15, 0.2) is 41.7 Å². The molecule has 1 saturated heterocycles. The fourth-order valence-corrected chi connectivity index (χ4v) is 3.29. The quantitative estimate of drug-likeness (QED) is 0.314. The molecular weight excluding hydrogens is 548 g/mol. The SMILES string of the molecule is CN=C(NCc1ccnc(OCC(F)(F)F)c1)NC1CCN(c2ncccc2Cl)C1.I. The highest BCUT2D eigenvalue weighted by Gasteiger charge is 2.28. The lowest BCUT2D eigenvalue weighted by atomic mass is 10.2. The standard InChI is InChI=1S/C19H22ClF3N6O.HI/c1-24-18(27-10-13-4-7-25-16(9-13)30-12-19(21,22)23)28-14-5-8-29(11-14)17-15(20)3-2-6-26-17;/h2-4,6-7,9,14H,5,8,10-12H2,1H3,(H2,24,27,28);1H. The minimum absolute atomic E-state index is 0. The van der Waals surface area contributed by atoms with Crippen LogP contribution in [0.3, 0.4) is 0 Å². The Morgan fingerprint density at radius 2 is 2.13 bits per heavy atom. The van der Waals surface area contributed by atoms with Gasteiger partial charge in [0.2, 0.25) is 5.88 Å². The van der Waals surface area contributed by atoms with Gasteiger partial charge in [0.05, 0.1) is 5.02 Å². The number of rotatable bonds is 6. The molecule has 2 N–H and O–H groups in total. The highest BCUT2D eigenvalue weighted by atomic mass is 127. The summed E-state index contributed by atoms with van der Waals surface area (Å²) in [5.41, 5.74) is 0.721. The first kappa shape index (κ1) is 25.2. The number of nitrogens with one attached hydrogen (secondary N) is 2. The number of aliphatic imine (C=N–C) groups is 1. The van der Waals surface area contributed by atoms with Crippen molar-refractivity contribution in [1.82, 2.24) is 20.6 Å². The third kappa shape index (κ3) is 7.87. The lowest BCUT2D eigenvalue weighted by Gasteiger charge is -2.20. The van der Waals surface area contributed by atoms with Crippen molar-refractivity contribution in [1.29, 1.82) is 0 Å². The lowest BCUT2D eigenvalue weighted by molar-refractivity contribution is -0.154. The molecule has 0 saturated carbocycles. The second-order valence-electron chi connectivity index (χ2n) is 6.72. The van der Waals surface area contributed by atoms with E-state index in [1.165, 1.54) is 12.3 Å². The Balaban J connectivity index is 0.00000341. The Labute approximate surface area is 200 Å². The first-order valence-electron chi connectivity index (χ1n) is 9.31. The summed E-state index contributed by atoms with van der Waals surface area (Å²) in [5, 5.41) is 7.11. The molecule has 0 spiro atoms. The number of hydrogen-bond acceptors (Lipinski definition) is 5. The Morgan fingerprint density at radius 1 is 1.32 bits per heavy atom. The van der Waals surface area contributed by atoms with Gasteiger partial charge in [-0.15, -0.1) is 24.0 Å². The largest absolute Gasteiger partial charge is 0.468 e. The average molecular weight is 571 g/mol. The van der Waals surface area contributed by atoms with Crippen LogP contribution in [0.1, 0.15) is 12.0 Å². The first-order chi connectivity index (χ1) is 14.3. The van der Waals surface area contributed by atoms with Gasteiger partial charge in [-0.05, 0) is 30.2 Å². The molecule has 1 aliphatic rings. The van der Waals surface area contributed by atoms with Gasteiger partial charge in [0, 0.05) is 51.2 Å². The average Bonchev–Trinajstić information content (AvgIpc) is 3.18. The van der Waals surface area contributed by atoms with Crippen molar-refractivity contribution in [2.24, 2.45) is 4.99 Å². The molecule has 0 radical (unpaired) electrons. The summed E-state index contributed by atoms with van der Waals surface area (Å²) in [6.07, 6.45) is -0.400. The monoisotopic (exact) mass is 570 g/mol. The number of aromatic nitrogens is 2. The summed E-state index contributed by atoms with van der Waals surface area (Å²) in [7, 11) is 1.65. The summed E-state index contributed by atoms with van der Waals surface area (Å²) in [4.78, 5) is 14.5. The molecule has 31 heavy (non-hydrogen) atoms. The summed E-state index contributed by atoms with van der Waals surface area (Å²) in [6, 6.07) is 6.92. The number of nitrogens with zero attached hydrogens (tertiary/aromatic N) is 4. The molecule has 1 fully saturated rings. The van der Waals surface area contributed by atoms with Gasteiger partial charge in [-0.3, -0.25) is 4.99 Å². The zero-order valence-electron chi connectivity index (χ0n) is 16.7. The van der Waals surface area contributed by atoms with Gasteiger partial charge in [0.25, 0.3) is 0 Å². The van der Waals surface area contributed by atoms with Crippen LogP contribution in [0.25, 0.3) is 0 Å². The number of alkyl halides is 3. The normalized spacial score (nSPS) is 16.6. The predicted octanol–water partition coefficient (Wildman–Crippen LogP) is 3.63. The highest BCUT2D eigenvalue weighted by molar-refractivity contribution is 14.0. The molecule has 2 aromatic heterocycles. The zero-order chi connectivity index (χ0) is 21.6. The van der Waals surface area contributed by atoms with Crippen LogP contribution in [0.5, 0.6) is 5.88 Å². The van der Waals surface area contributed by atoms with Crippen LogP contribution in [-0.4, -0.2) is 54.9 Å². The summed E-state index contributed by atoms with van der Waals surface area (Å²) < 4.78 is 41.6. The van der Waals surface area contributed by atoms with Crippen LogP contribution >= 0.6 is 35.6 Å². The van der Waals surface area contributed by atoms with Crippen molar-refractivity contribution in [3.63, 3.8) is 0 Å². The van der Waals surface area contributed by atoms with Crippen LogP contribution < -0.4 is 20.3 Å². The van der Waals surface area contributed by atoms with Gasteiger partial charge < -0.3 is 20.3 Å². The predicted molar refractivity (Wildman–Crippen MR) is 124 cm³/mol. The molecule has 1 aliphatic heterocycles. The van der Waals surface area contributed by atoms with Crippen LogP contribution in [0.2, 0.25) is 5.02 Å². The molecular formula is C19H23ClF3IN6O. The third-order valence-corrected chi connectivity index (χ3v) is 4.73. The van der Waals surface area contributed by atoms with Crippen molar-refractivity contribution in [2.45, 2.75) is 25.2 Å². The molecule has 3 rings (SSSR count). The number of hydrogen-bond donors (Lipinski definition) is 2. The molecule has 1 unspecified atom stereocenters. The number of guanidine groups is 1. The van der Waals surface area contributed by atoms with E-state index < -0.39 is 12.8 Å². The van der Waals surface area contributed by atoms with Gasteiger partial charge in [0.1, 0.15) is 5.82 Å². The fourth-order valence-electron chi connectivity index (χ4n) is 3.05. The van der Waals surface area contributed by atoms with E-state index in [1.54, 1.807) is 25.4 Å². The third-order valence-electron chi connectivity index (χ3n) is 4.43. The minimum Gasteiger partial charge on any atom is -0.468 e. The maximum Gasteiger partial charge on any atom is 0.422 e. The number of pyridine rings is 2. The van der Waals surface area contributed by atoms with Gasteiger partial charge in [-0.25, -0.2) is 9.97 Å². The van der Waals surface area contributed by atoms with E-state index >= 15 is 0 Å². The van der Waals surface area contributed by atoms with E-state index in [2.05, 4.69) is 35.2 Å². The van der Waals surface area contributed by atoms with E-state index in [1.807, 2.05) is 6.07 Å². The summed E-state index contributed by atoms with van der Waals surface area (Å²) in [6.45, 7) is 0.517. The maximum absolute atomic E-state index is 12.3. The molecule has 1 atom stereocenters. The molecule has 12 heteroatoms. The minimum atomic E-state index is -4.41. The molecule has 0 aromatic carbocycles. The lowest BCUT2D eigenvalue weighted by Crippen LogP contribution is -2.44. The smallest absolute Gasteiger partial charge is 0.422 e. The Morgan fingerprint density at radius 3 is 2.84 bits per heavy atom. The van der Waals surface area contributed by atoms with Gasteiger partial charge in [0.15, 0.2) is 12.6 Å². The van der Waals surface area contributed by atoms with Crippen molar-refractivity contribution in [3.05, 3.63) is 47.2 Å². The van der Waals surface area contributed by atoms with E-state index in [4.69, 9.17) is 11.6 Å².